The third-order valence-corrected chi connectivity index (χ3v) is 3.80. The van der Waals surface area contributed by atoms with Crippen molar-refractivity contribution < 1.29 is 9.59 Å². The largest absolute Gasteiger partial charge is 0.369 e. The molecule has 0 bridgehead atoms. The number of hydrogen-bond acceptors (Lipinski definition) is 3. The molecule has 0 saturated carbocycles. The van der Waals surface area contributed by atoms with Gasteiger partial charge in [-0.1, -0.05) is 6.92 Å². The highest BCUT2D eigenvalue weighted by Crippen LogP contribution is 2.18. The minimum absolute atomic E-state index is 0.0952. The number of nitrogens with one attached hydrogen (secondary N) is 1. The lowest BCUT2D eigenvalue weighted by atomic mass is 10.1. The van der Waals surface area contributed by atoms with Gasteiger partial charge < -0.3 is 15.1 Å². The van der Waals surface area contributed by atoms with Gasteiger partial charge in [-0.05, 0) is 51.5 Å². The summed E-state index contributed by atoms with van der Waals surface area (Å²) < 4.78 is 0. The van der Waals surface area contributed by atoms with Crippen LogP contribution in [0.25, 0.3) is 0 Å². The molecule has 1 aromatic carbocycles. The molecule has 2 amide bonds. The molecule has 128 valence electrons. The Bertz CT molecular complexity index is 512. The van der Waals surface area contributed by atoms with Crippen LogP contribution in [0.15, 0.2) is 24.3 Å². The van der Waals surface area contributed by atoms with Crippen LogP contribution in [-0.2, 0) is 4.79 Å². The zero-order valence-electron chi connectivity index (χ0n) is 14.9. The average Bonchev–Trinajstić information content (AvgIpc) is 2.54. The van der Waals surface area contributed by atoms with Crippen molar-refractivity contribution in [1.82, 2.24) is 10.2 Å². The van der Waals surface area contributed by atoms with Crippen LogP contribution in [0.2, 0.25) is 0 Å². The monoisotopic (exact) mass is 319 g/mol. The van der Waals surface area contributed by atoms with Crippen molar-refractivity contribution in [3.8, 4) is 0 Å². The Balaban J connectivity index is 2.91. The zero-order chi connectivity index (χ0) is 17.4. The van der Waals surface area contributed by atoms with Crippen LogP contribution in [0, 0.1) is 0 Å². The summed E-state index contributed by atoms with van der Waals surface area (Å²) >= 11 is 0. The number of carbonyl (C=O) groups is 2. The normalized spacial score (nSPS) is 10.5. The lowest BCUT2D eigenvalue weighted by Crippen LogP contribution is -2.40. The summed E-state index contributed by atoms with van der Waals surface area (Å²) in [6.45, 7) is 9.99. The number of amides is 2. The van der Waals surface area contributed by atoms with Gasteiger partial charge >= 0.3 is 0 Å². The lowest BCUT2D eigenvalue weighted by Gasteiger charge is -2.28. The Morgan fingerprint density at radius 3 is 2.17 bits per heavy atom. The summed E-state index contributed by atoms with van der Waals surface area (Å²) in [5.74, 6) is -0.255. The first-order valence-corrected chi connectivity index (χ1v) is 8.31. The van der Waals surface area contributed by atoms with Gasteiger partial charge in [-0.15, -0.1) is 0 Å². The van der Waals surface area contributed by atoms with Gasteiger partial charge in [0.15, 0.2) is 0 Å². The molecule has 1 N–H and O–H groups in total. The van der Waals surface area contributed by atoms with Gasteiger partial charge in [0.1, 0.15) is 0 Å². The van der Waals surface area contributed by atoms with Gasteiger partial charge in [-0.25, -0.2) is 0 Å². The van der Waals surface area contributed by atoms with Gasteiger partial charge in [0.25, 0.3) is 5.91 Å². The Kier molecular flexibility index (Phi) is 7.59. The first kappa shape index (κ1) is 19.0. The van der Waals surface area contributed by atoms with Gasteiger partial charge in [0, 0.05) is 37.4 Å². The van der Waals surface area contributed by atoms with Crippen LogP contribution < -0.4 is 10.2 Å². The summed E-state index contributed by atoms with van der Waals surface area (Å²) in [5.41, 5.74) is 1.72. The SMILES string of the molecule is CCCN(CC(=O)NC)C(=O)c1ccc(N(CC)C(C)C)cc1. The first-order valence-electron chi connectivity index (χ1n) is 8.31. The molecule has 0 aliphatic carbocycles. The van der Waals surface area contributed by atoms with E-state index in [0.717, 1.165) is 18.7 Å². The molecule has 0 unspecified atom stereocenters. The van der Waals surface area contributed by atoms with E-state index in [1.54, 1.807) is 11.9 Å². The molecule has 0 aromatic heterocycles. The van der Waals surface area contributed by atoms with Crippen molar-refractivity contribution >= 4 is 17.5 Å². The molecule has 5 nitrogen and oxygen atoms in total. The molecular weight excluding hydrogens is 290 g/mol. The maximum absolute atomic E-state index is 12.6. The highest BCUT2D eigenvalue weighted by molar-refractivity contribution is 5.96. The molecule has 23 heavy (non-hydrogen) atoms. The van der Waals surface area contributed by atoms with E-state index in [1.807, 2.05) is 31.2 Å². The molecule has 0 radical (unpaired) electrons. The lowest BCUT2D eigenvalue weighted by molar-refractivity contribution is -0.121. The molecule has 0 saturated heterocycles. The molecule has 0 spiro atoms. The predicted molar refractivity (Wildman–Crippen MR) is 94.9 cm³/mol. The van der Waals surface area contributed by atoms with E-state index in [-0.39, 0.29) is 18.4 Å². The van der Waals surface area contributed by atoms with E-state index in [1.165, 1.54) is 0 Å². The van der Waals surface area contributed by atoms with Gasteiger partial charge in [0.05, 0.1) is 6.54 Å². The number of nitrogens with zero attached hydrogens (tertiary/aromatic N) is 2. The van der Waals surface area contributed by atoms with Crippen molar-refractivity contribution in [2.75, 3.05) is 31.6 Å². The Morgan fingerprint density at radius 1 is 1.13 bits per heavy atom. The number of benzene rings is 1. The molecule has 0 aliphatic rings. The summed E-state index contributed by atoms with van der Waals surface area (Å²) in [6, 6.07) is 8.04. The maximum Gasteiger partial charge on any atom is 0.254 e. The highest BCUT2D eigenvalue weighted by Gasteiger charge is 2.18. The second kappa shape index (κ2) is 9.18. The minimum atomic E-state index is -0.152. The summed E-state index contributed by atoms with van der Waals surface area (Å²) in [4.78, 5) is 28.0. The Hall–Kier alpha value is -2.04. The molecular formula is C18H29N3O2. The second-order valence-corrected chi connectivity index (χ2v) is 5.83. The fraction of sp³-hybridized carbons (Fsp3) is 0.556. The number of likely N-dealkylation sites (N-methyl/N-ethyl adjacent to an activating group) is 1. The smallest absolute Gasteiger partial charge is 0.254 e. The van der Waals surface area contributed by atoms with Crippen LogP contribution in [0.3, 0.4) is 0 Å². The van der Waals surface area contributed by atoms with Crippen LogP contribution in [-0.4, -0.2) is 49.4 Å². The Morgan fingerprint density at radius 2 is 1.74 bits per heavy atom. The van der Waals surface area contributed by atoms with Gasteiger partial charge in [-0.3, -0.25) is 9.59 Å². The van der Waals surface area contributed by atoms with Crippen molar-refractivity contribution in [2.24, 2.45) is 0 Å². The number of hydrogen-bond donors (Lipinski definition) is 1. The summed E-state index contributed by atoms with van der Waals surface area (Å²) in [7, 11) is 1.58. The fourth-order valence-corrected chi connectivity index (χ4v) is 2.60. The van der Waals surface area contributed by atoms with Crippen LogP contribution in [0.4, 0.5) is 5.69 Å². The van der Waals surface area contributed by atoms with Crippen LogP contribution >= 0.6 is 0 Å². The van der Waals surface area contributed by atoms with E-state index in [2.05, 4.69) is 31.0 Å². The standard InChI is InChI=1S/C18H29N3O2/c1-6-12-20(13-17(22)19-5)18(23)15-8-10-16(11-9-15)21(7-2)14(3)4/h8-11,14H,6-7,12-13H2,1-5H3,(H,19,22). The second-order valence-electron chi connectivity index (χ2n) is 5.83. The van der Waals surface area contributed by atoms with Crippen LogP contribution in [0.1, 0.15) is 44.5 Å². The van der Waals surface area contributed by atoms with Crippen molar-refractivity contribution in [3.63, 3.8) is 0 Å². The summed E-state index contributed by atoms with van der Waals surface area (Å²) in [6.07, 6.45) is 0.817. The topological polar surface area (TPSA) is 52.7 Å². The quantitative estimate of drug-likeness (QED) is 0.801. The van der Waals surface area contributed by atoms with Crippen molar-refractivity contribution in [1.29, 1.82) is 0 Å². The molecule has 5 heteroatoms. The van der Waals surface area contributed by atoms with Gasteiger partial charge in [-0.2, -0.15) is 0 Å². The number of carbonyl (C=O) groups excluding carboxylic acids is 2. The fourth-order valence-electron chi connectivity index (χ4n) is 2.60. The third-order valence-electron chi connectivity index (χ3n) is 3.80. The highest BCUT2D eigenvalue weighted by atomic mass is 16.2. The zero-order valence-corrected chi connectivity index (χ0v) is 14.9. The molecule has 0 atom stereocenters. The first-order chi connectivity index (χ1) is 10.9. The van der Waals surface area contributed by atoms with E-state index in [4.69, 9.17) is 0 Å². The van der Waals surface area contributed by atoms with E-state index in [0.29, 0.717) is 18.2 Å². The molecule has 0 heterocycles. The summed E-state index contributed by atoms with van der Waals surface area (Å²) in [5, 5.41) is 2.56. The third kappa shape index (κ3) is 5.27. The minimum Gasteiger partial charge on any atom is -0.369 e. The molecule has 0 fully saturated rings. The maximum atomic E-state index is 12.6. The predicted octanol–water partition coefficient (Wildman–Crippen LogP) is 2.52. The van der Waals surface area contributed by atoms with Crippen molar-refractivity contribution in [3.05, 3.63) is 29.8 Å². The molecule has 1 rings (SSSR count). The number of anilines is 1. The van der Waals surface area contributed by atoms with E-state index in [9.17, 15) is 9.59 Å². The van der Waals surface area contributed by atoms with Gasteiger partial charge in [0.2, 0.25) is 5.91 Å². The van der Waals surface area contributed by atoms with Crippen molar-refractivity contribution in [2.45, 2.75) is 40.2 Å². The molecule has 0 aliphatic heterocycles. The Labute approximate surface area is 139 Å². The average molecular weight is 319 g/mol. The van der Waals surface area contributed by atoms with E-state index >= 15 is 0 Å². The van der Waals surface area contributed by atoms with E-state index < -0.39 is 0 Å². The van der Waals surface area contributed by atoms with Crippen LogP contribution in [0.5, 0.6) is 0 Å². The number of rotatable bonds is 8. The molecule has 1 aromatic rings.